The molecule has 1 heterocycles. The van der Waals surface area contributed by atoms with Crippen molar-refractivity contribution in [1.82, 2.24) is 9.19 Å². The van der Waals surface area contributed by atoms with Gasteiger partial charge in [0.1, 0.15) is 16.4 Å². The molecule has 0 unspecified atom stereocenters. The van der Waals surface area contributed by atoms with E-state index in [1.54, 1.807) is 19.1 Å². The molecule has 0 aliphatic rings. The molecule has 0 atom stereocenters. The van der Waals surface area contributed by atoms with E-state index in [-0.39, 0.29) is 10.6 Å². The maximum atomic E-state index is 12.6. The summed E-state index contributed by atoms with van der Waals surface area (Å²) in [6.07, 6.45) is 1.40. The molecule has 0 aliphatic heterocycles. The van der Waals surface area contributed by atoms with Crippen molar-refractivity contribution in [2.75, 3.05) is 14.2 Å². The summed E-state index contributed by atoms with van der Waals surface area (Å²) in [5.74, 6) is 0.740. The zero-order valence-corrected chi connectivity index (χ0v) is 12.6. The fraction of sp³-hybridized carbons (Fsp3) is 0.308. The third-order valence-corrected chi connectivity index (χ3v) is 4.48. The molecule has 6 nitrogen and oxygen atoms in total. The van der Waals surface area contributed by atoms with Gasteiger partial charge < -0.3 is 9.47 Å². The van der Waals surface area contributed by atoms with E-state index in [1.165, 1.54) is 26.5 Å². The van der Waals surface area contributed by atoms with E-state index >= 15 is 0 Å². The maximum Gasteiger partial charge on any atom is 0.286 e. The van der Waals surface area contributed by atoms with Crippen LogP contribution in [0.2, 0.25) is 0 Å². The number of aryl methyl sites for hydroxylation is 2. The minimum absolute atomic E-state index is 0.0190. The van der Waals surface area contributed by atoms with Crippen molar-refractivity contribution in [3.8, 4) is 11.5 Å². The zero-order chi connectivity index (χ0) is 14.9. The molecule has 2 rings (SSSR count). The van der Waals surface area contributed by atoms with E-state index in [9.17, 15) is 8.42 Å². The molecular formula is C13H16N2O4S. The number of methoxy groups -OCH3 is 2. The largest absolute Gasteiger partial charge is 0.496 e. The molecule has 20 heavy (non-hydrogen) atoms. The smallest absolute Gasteiger partial charge is 0.286 e. The molecule has 0 aliphatic carbocycles. The third kappa shape index (κ3) is 2.36. The van der Waals surface area contributed by atoms with Crippen molar-refractivity contribution in [1.29, 1.82) is 0 Å². The Morgan fingerprint density at radius 1 is 1.10 bits per heavy atom. The van der Waals surface area contributed by atoms with Gasteiger partial charge in [0.15, 0.2) is 0 Å². The van der Waals surface area contributed by atoms with Gasteiger partial charge in [-0.15, -0.1) is 0 Å². The maximum absolute atomic E-state index is 12.6. The Labute approximate surface area is 118 Å². The third-order valence-electron chi connectivity index (χ3n) is 2.90. The summed E-state index contributed by atoms with van der Waals surface area (Å²) in [4.78, 5) is 0.0190. The molecule has 0 N–H and O–H groups in total. The molecule has 0 fully saturated rings. The highest BCUT2D eigenvalue weighted by atomic mass is 32.2. The van der Waals surface area contributed by atoms with Crippen LogP contribution in [0.25, 0.3) is 0 Å². The van der Waals surface area contributed by atoms with Crippen molar-refractivity contribution < 1.29 is 17.9 Å². The van der Waals surface area contributed by atoms with Gasteiger partial charge in [0.25, 0.3) is 10.0 Å². The Morgan fingerprint density at radius 2 is 1.75 bits per heavy atom. The molecular weight excluding hydrogens is 280 g/mol. The second-order valence-corrected chi connectivity index (χ2v) is 6.07. The molecule has 0 saturated carbocycles. The average Bonchev–Trinajstić information content (AvgIpc) is 2.85. The van der Waals surface area contributed by atoms with Crippen LogP contribution in [0.1, 0.15) is 11.3 Å². The van der Waals surface area contributed by atoms with E-state index in [0.29, 0.717) is 11.4 Å². The minimum Gasteiger partial charge on any atom is -0.496 e. The normalized spacial score (nSPS) is 11.4. The van der Waals surface area contributed by atoms with Gasteiger partial charge in [-0.1, -0.05) is 0 Å². The van der Waals surface area contributed by atoms with E-state index in [1.807, 2.05) is 6.92 Å². The van der Waals surface area contributed by atoms with Gasteiger partial charge >= 0.3 is 0 Å². The van der Waals surface area contributed by atoms with Gasteiger partial charge in [-0.25, -0.2) is 0 Å². The van der Waals surface area contributed by atoms with Crippen molar-refractivity contribution in [2.24, 2.45) is 0 Å². The number of ether oxygens (including phenoxy) is 2. The Morgan fingerprint density at radius 3 is 2.25 bits per heavy atom. The minimum atomic E-state index is -3.81. The number of hydrogen-bond acceptors (Lipinski definition) is 5. The molecule has 0 amide bonds. The number of nitrogens with zero attached hydrogens (tertiary/aromatic N) is 2. The van der Waals surface area contributed by atoms with E-state index < -0.39 is 10.0 Å². The summed E-state index contributed by atoms with van der Waals surface area (Å²) in [6.45, 7) is 3.54. The number of rotatable bonds is 4. The van der Waals surface area contributed by atoms with Crippen LogP contribution in [0.4, 0.5) is 0 Å². The van der Waals surface area contributed by atoms with Crippen molar-refractivity contribution >= 4 is 10.0 Å². The topological polar surface area (TPSA) is 70.4 Å². The number of benzene rings is 1. The summed E-state index contributed by atoms with van der Waals surface area (Å²) in [5, 5.41) is 3.94. The van der Waals surface area contributed by atoms with E-state index in [0.717, 1.165) is 9.65 Å². The first-order chi connectivity index (χ1) is 9.40. The van der Waals surface area contributed by atoms with Crippen LogP contribution in [0.5, 0.6) is 11.5 Å². The van der Waals surface area contributed by atoms with Crippen LogP contribution < -0.4 is 9.47 Å². The highest BCUT2D eigenvalue weighted by Crippen LogP contribution is 2.32. The van der Waals surface area contributed by atoms with Crippen LogP contribution >= 0.6 is 0 Å². The van der Waals surface area contributed by atoms with Crippen molar-refractivity contribution in [3.63, 3.8) is 0 Å². The molecule has 0 bridgehead atoms. The second-order valence-electron chi connectivity index (χ2n) is 4.31. The highest BCUT2D eigenvalue weighted by molar-refractivity contribution is 7.90. The zero-order valence-electron chi connectivity index (χ0n) is 11.7. The van der Waals surface area contributed by atoms with E-state index in [2.05, 4.69) is 5.10 Å². The summed E-state index contributed by atoms with van der Waals surface area (Å²) in [5.41, 5.74) is 1.41. The molecule has 0 radical (unpaired) electrons. The summed E-state index contributed by atoms with van der Waals surface area (Å²) < 4.78 is 36.4. The number of hydrogen-bond donors (Lipinski definition) is 0. The second kappa shape index (κ2) is 5.16. The van der Waals surface area contributed by atoms with Crippen LogP contribution in [0, 0.1) is 13.8 Å². The summed E-state index contributed by atoms with van der Waals surface area (Å²) in [7, 11) is -0.895. The molecule has 1 aromatic carbocycles. The molecule has 2 aromatic rings. The predicted octanol–water partition coefficient (Wildman–Crippen LogP) is 1.75. The lowest BCUT2D eigenvalue weighted by Crippen LogP contribution is -2.15. The lowest BCUT2D eigenvalue weighted by Gasteiger charge is -2.13. The fourth-order valence-corrected chi connectivity index (χ4v) is 3.16. The van der Waals surface area contributed by atoms with Gasteiger partial charge in [0, 0.05) is 12.3 Å². The van der Waals surface area contributed by atoms with Gasteiger partial charge in [-0.3, -0.25) is 0 Å². The van der Waals surface area contributed by atoms with Gasteiger partial charge in [-0.2, -0.15) is 17.6 Å². The first-order valence-corrected chi connectivity index (χ1v) is 7.34. The van der Waals surface area contributed by atoms with E-state index in [4.69, 9.17) is 9.47 Å². The summed E-state index contributed by atoms with van der Waals surface area (Å²) >= 11 is 0. The van der Waals surface area contributed by atoms with Crippen molar-refractivity contribution in [3.05, 3.63) is 35.7 Å². The Hall–Kier alpha value is -2.02. The highest BCUT2D eigenvalue weighted by Gasteiger charge is 2.24. The molecule has 0 spiro atoms. The molecule has 0 saturated heterocycles. The summed E-state index contributed by atoms with van der Waals surface area (Å²) in [6, 6.07) is 4.69. The standard InChI is InChI=1S/C13H16N2O4S/c1-9-7-12(19-4)13(8-11(9)18-3)20(16,17)15-6-5-10(2)14-15/h5-8H,1-4H3. The Bertz CT molecular complexity index is 735. The molecule has 108 valence electrons. The monoisotopic (exact) mass is 296 g/mol. The van der Waals surface area contributed by atoms with Crippen molar-refractivity contribution in [2.45, 2.75) is 18.7 Å². The quantitative estimate of drug-likeness (QED) is 0.859. The van der Waals surface area contributed by atoms with Crippen LogP contribution in [-0.2, 0) is 10.0 Å². The lowest BCUT2D eigenvalue weighted by molar-refractivity contribution is 0.389. The molecule has 7 heteroatoms. The SMILES string of the molecule is COc1cc(S(=O)(=O)n2ccc(C)n2)c(OC)cc1C. The van der Waals surface area contributed by atoms with Crippen LogP contribution in [0.3, 0.4) is 0 Å². The molecule has 1 aromatic heterocycles. The van der Waals surface area contributed by atoms with Gasteiger partial charge in [0.05, 0.1) is 19.9 Å². The Kier molecular flexibility index (Phi) is 3.71. The first-order valence-electron chi connectivity index (χ1n) is 5.90. The van der Waals surface area contributed by atoms with Crippen LogP contribution in [0.15, 0.2) is 29.3 Å². The number of aromatic nitrogens is 2. The predicted molar refractivity (Wildman–Crippen MR) is 73.8 cm³/mol. The lowest BCUT2D eigenvalue weighted by atomic mass is 10.2. The fourth-order valence-electron chi connectivity index (χ4n) is 1.85. The van der Waals surface area contributed by atoms with Gasteiger partial charge in [0.2, 0.25) is 0 Å². The van der Waals surface area contributed by atoms with Crippen LogP contribution in [-0.4, -0.2) is 31.8 Å². The first kappa shape index (κ1) is 14.4. The average molecular weight is 296 g/mol. The Balaban J connectivity index is 2.67. The van der Waals surface area contributed by atoms with Gasteiger partial charge in [-0.05, 0) is 31.5 Å².